The molecule has 0 spiro atoms. The molecule has 0 aromatic heterocycles. The first-order valence-electron chi connectivity index (χ1n) is 12.7. The maximum absolute atomic E-state index is 12.3. The van der Waals surface area contributed by atoms with Crippen LogP contribution in [-0.4, -0.2) is 165 Å². The van der Waals surface area contributed by atoms with E-state index in [-0.39, 0.29) is 146 Å². The summed E-state index contributed by atoms with van der Waals surface area (Å²) >= 11 is 0.0716. The third-order valence-corrected chi connectivity index (χ3v) is 8.26. The van der Waals surface area contributed by atoms with Crippen LogP contribution >= 0.6 is 24.5 Å². The van der Waals surface area contributed by atoms with Crippen molar-refractivity contribution in [1.29, 1.82) is 0 Å². The van der Waals surface area contributed by atoms with Crippen LogP contribution in [0.15, 0.2) is 0 Å². The van der Waals surface area contributed by atoms with E-state index in [1.165, 1.54) is 0 Å². The molecule has 3 saturated heterocycles. The van der Waals surface area contributed by atoms with Crippen molar-refractivity contribution in [2.75, 3.05) is 13.2 Å². The minimum absolute atomic E-state index is 0. The van der Waals surface area contributed by atoms with Crippen LogP contribution < -0.4 is 109 Å². The Morgan fingerprint density at radius 3 is 1.75 bits per heavy atom. The summed E-state index contributed by atoms with van der Waals surface area (Å²) in [6, 6.07) is -3.32. The van der Waals surface area contributed by atoms with E-state index in [4.69, 9.17) is 23.7 Å². The fourth-order valence-electron chi connectivity index (χ4n) is 4.71. The molecule has 15 atom stereocenters. The molecule has 51 heavy (non-hydrogen) atoms. The Hall–Kier alpha value is 3.34. The number of carboxylic acid groups (broad SMARTS) is 1. The molecular weight excluding hydrogens is 882 g/mol. The maximum Gasteiger partial charge on any atom is 1.00 e. The molecule has 0 amide bonds. The van der Waals surface area contributed by atoms with Gasteiger partial charge in [-0.25, -0.2) is 22.7 Å². The molecule has 26 nitrogen and oxygen atoms in total. The number of nitrogens with one attached hydrogen (secondary N) is 2. The van der Waals surface area contributed by atoms with Gasteiger partial charge in [-0.15, -0.1) is 0 Å². The third-order valence-electron chi connectivity index (χ3n) is 6.82. The Morgan fingerprint density at radius 1 is 0.725 bits per heavy atom. The summed E-state index contributed by atoms with van der Waals surface area (Å²) in [6.07, 6.45) is -27.0. The predicted molar refractivity (Wildman–Crippen MR) is 132 cm³/mol. The van der Waals surface area contributed by atoms with Crippen molar-refractivity contribution in [3.8, 4) is 0 Å². The summed E-state index contributed by atoms with van der Waals surface area (Å²) in [7, 11) is -5.79. The van der Waals surface area contributed by atoms with Gasteiger partial charge in [0, 0.05) is 32.7 Å². The van der Waals surface area contributed by atoms with Gasteiger partial charge in [0.1, 0.15) is 73.3 Å². The van der Waals surface area contributed by atoms with Crippen molar-refractivity contribution < 1.29 is 237 Å². The van der Waals surface area contributed by atoms with E-state index in [2.05, 4.69) is 32.4 Å². The number of carboxylic acids is 1. The Bertz CT molecular complexity index is 1110. The number of hydrogen-bond donors (Lipinski definition) is 10. The van der Waals surface area contributed by atoms with E-state index in [1.54, 1.807) is 0 Å². The van der Waals surface area contributed by atoms with Gasteiger partial charge in [-0.3, -0.25) is 14.3 Å². The molecule has 0 saturated carbocycles. The van der Waals surface area contributed by atoms with E-state index >= 15 is 0 Å². The number of aliphatic hydroxyl groups is 7. The second kappa shape index (κ2) is 27.2. The average Bonchev–Trinajstić information content (AvgIpc) is 3.01. The SMILES string of the molecule is O=C(O)C1O[C@@H](O[C@H]2C(CO)O[C@@H](O)C(NSOO[O-])[C@H]2O)C(OS(=O)(=O)[O-])[C@@H](O)[C@H]1O[C@@H]1OC(CO)[C@H](O)[C@H](O)C1NSOO[O-].[Na+].[Na+].[Na+].[Y]. The minimum Gasteiger partial charge on any atom is -0.726 e. The fourth-order valence-corrected chi connectivity index (χ4v) is 6.05. The predicted octanol–water partition coefficient (Wildman–Crippen LogP) is -18.2. The quantitative estimate of drug-likeness (QED) is 0.00946. The summed E-state index contributed by atoms with van der Waals surface area (Å²) in [5.74, 6) is -1.94. The van der Waals surface area contributed by atoms with Crippen molar-refractivity contribution in [3.63, 3.8) is 0 Å². The van der Waals surface area contributed by atoms with Crippen molar-refractivity contribution >= 4 is 40.8 Å². The number of ether oxygens (including phenoxy) is 5. The summed E-state index contributed by atoms with van der Waals surface area (Å²) in [4.78, 5) is 12.3. The van der Waals surface area contributed by atoms with Gasteiger partial charge < -0.3 is 79.6 Å². The molecule has 3 aliphatic heterocycles. The van der Waals surface area contributed by atoms with Gasteiger partial charge in [-0.05, 0) is 0 Å². The van der Waals surface area contributed by atoms with E-state index < -0.39 is 122 Å². The number of aliphatic carboxylic acids is 1. The summed E-state index contributed by atoms with van der Waals surface area (Å²) in [6.45, 7) is -1.96. The smallest absolute Gasteiger partial charge is 0.726 e. The van der Waals surface area contributed by atoms with Crippen LogP contribution in [0.5, 0.6) is 0 Å². The van der Waals surface area contributed by atoms with Crippen LogP contribution in [0.4, 0.5) is 0 Å². The van der Waals surface area contributed by atoms with Gasteiger partial charge in [0.05, 0.1) is 25.3 Å². The van der Waals surface area contributed by atoms with Crippen LogP contribution in [0, 0.1) is 0 Å². The molecule has 1 radical (unpaired) electrons. The first-order valence-corrected chi connectivity index (χ1v) is 15.5. The molecule has 3 aliphatic rings. The zero-order chi connectivity index (χ0) is 35.1. The maximum atomic E-state index is 12.3. The second-order valence-electron chi connectivity index (χ2n) is 9.60. The minimum atomic E-state index is -5.79. The zero-order valence-electron chi connectivity index (χ0n) is 26.5. The Balaban J connectivity index is 0. The molecule has 3 heterocycles. The first kappa shape index (κ1) is 56.4. The van der Waals surface area contributed by atoms with Gasteiger partial charge >= 0.3 is 94.6 Å². The molecule has 0 aromatic rings. The molecule has 10 N–H and O–H groups in total. The van der Waals surface area contributed by atoms with Crippen LogP contribution in [0.25, 0.3) is 0 Å². The van der Waals surface area contributed by atoms with Gasteiger partial charge in [-0.2, -0.15) is 8.67 Å². The van der Waals surface area contributed by atoms with Gasteiger partial charge in [0.25, 0.3) is 0 Å². The molecule has 0 bridgehead atoms. The molecule has 0 aromatic carbocycles. The molecule has 279 valence electrons. The van der Waals surface area contributed by atoms with E-state index in [9.17, 15) is 69.1 Å². The normalized spacial score (nSPS) is 38.3. The van der Waals surface area contributed by atoms with E-state index in [0.29, 0.717) is 0 Å². The topological polar surface area (TPSA) is 399 Å². The molecule has 3 fully saturated rings. The summed E-state index contributed by atoms with van der Waals surface area (Å²) < 4.78 is 78.4. The number of hydrogen-bond acceptors (Lipinski definition) is 27. The standard InChI is InChI=1S/C18H32N2O24S3.3Na.Y/c21-1-3-7(23)8(24)6(20-46-44-42-31)17(36-3)38-12-10(26)13(40-47(32,33)34)18(39-14(12)15(27)28)37-11-4(2-22)35-16(29)5(9(11)25)19-45-43-41-30;;;;/h3-14,16-26,29-31H,1-2H2,(H,27,28)(H,32,33,34);;;;/q;3*+1;/p-3/t3?,4?,5?,6?,7-,8+,9+,10-,11-,12+,13?,14?,16+,17-,18+;;;;/m0..../s1. The first-order chi connectivity index (χ1) is 22.2. The Labute approximate surface area is 387 Å². The van der Waals surface area contributed by atoms with Gasteiger partial charge in [0.15, 0.2) is 31.1 Å². The van der Waals surface area contributed by atoms with E-state index in [1.807, 2.05) is 0 Å². The van der Waals surface area contributed by atoms with Crippen molar-refractivity contribution in [1.82, 2.24) is 9.44 Å². The van der Waals surface area contributed by atoms with Crippen LogP contribution in [-0.2, 0) is 94.5 Å². The van der Waals surface area contributed by atoms with Crippen molar-refractivity contribution in [2.45, 2.75) is 92.0 Å². The monoisotopic (exact) mass is 911 g/mol. The Morgan fingerprint density at radius 2 is 1.25 bits per heavy atom. The van der Waals surface area contributed by atoms with Crippen molar-refractivity contribution in [3.05, 3.63) is 0 Å². The number of aliphatic hydroxyl groups excluding tert-OH is 7. The van der Waals surface area contributed by atoms with Crippen LogP contribution in [0.2, 0.25) is 0 Å². The molecule has 3 rings (SSSR count). The molecule has 6 unspecified atom stereocenters. The third kappa shape index (κ3) is 15.8. The number of rotatable bonds is 17. The number of carbonyl (C=O) groups is 1. The van der Waals surface area contributed by atoms with E-state index in [0.717, 1.165) is 0 Å². The average molecular weight is 911 g/mol. The summed E-state index contributed by atoms with van der Waals surface area (Å²) in [5.41, 5.74) is 0. The van der Waals surface area contributed by atoms with Crippen LogP contribution in [0.3, 0.4) is 0 Å². The second-order valence-corrected chi connectivity index (χ2v) is 11.7. The fraction of sp³-hybridized carbons (Fsp3) is 0.944. The molecule has 33 heteroatoms. The summed E-state index contributed by atoms with van der Waals surface area (Å²) in [5, 5.41) is 109. The Kier molecular flexibility index (Phi) is 30.1. The zero-order valence-corrected chi connectivity index (χ0v) is 37.8. The van der Waals surface area contributed by atoms with Crippen molar-refractivity contribution in [2.24, 2.45) is 0 Å². The van der Waals surface area contributed by atoms with Gasteiger partial charge in [0.2, 0.25) is 10.4 Å². The molecule has 0 aliphatic carbocycles. The van der Waals surface area contributed by atoms with Gasteiger partial charge in [-0.1, -0.05) is 0 Å². The molecular formula is C18H29N2Na3O24S3Y. The van der Waals surface area contributed by atoms with Crippen LogP contribution in [0.1, 0.15) is 0 Å². The largest absolute Gasteiger partial charge is 1.00 e.